The molecule has 0 spiro atoms. The predicted octanol–water partition coefficient (Wildman–Crippen LogP) is 4.77. The molecule has 1 amide bonds. The maximum atomic E-state index is 12.1. The number of benzene rings is 2. The molecule has 3 rings (SSSR count). The van der Waals surface area contributed by atoms with Crippen LogP contribution in [0.2, 0.25) is 0 Å². The van der Waals surface area contributed by atoms with Crippen LogP contribution < -0.4 is 10.1 Å². The van der Waals surface area contributed by atoms with Gasteiger partial charge in [-0.25, -0.2) is 0 Å². The Kier molecular flexibility index (Phi) is 6.47. The number of hydrogen-bond donors (Lipinski definition) is 1. The van der Waals surface area contributed by atoms with Gasteiger partial charge in [-0.2, -0.15) is 0 Å². The molecule has 0 radical (unpaired) electrons. The fraction of sp³-hybridized carbons (Fsp3) is 0.250. The molecule has 140 valence electrons. The highest BCUT2D eigenvalue weighted by Crippen LogP contribution is 2.28. The van der Waals surface area contributed by atoms with E-state index in [-0.39, 0.29) is 12.5 Å². The van der Waals surface area contributed by atoms with Crippen LogP contribution in [0.3, 0.4) is 0 Å². The number of aromatic nitrogens is 2. The quantitative estimate of drug-likeness (QED) is 0.458. The van der Waals surface area contributed by atoms with Gasteiger partial charge in [-0.05, 0) is 49.6 Å². The zero-order valence-electron chi connectivity index (χ0n) is 15.5. The first-order valence-electron chi connectivity index (χ1n) is 8.51. The third-order valence-electron chi connectivity index (χ3n) is 3.66. The molecule has 0 aliphatic carbocycles. The zero-order valence-corrected chi connectivity index (χ0v) is 17.1. The highest BCUT2D eigenvalue weighted by Gasteiger charge is 2.10. The number of amides is 1. The molecule has 1 N–H and O–H groups in total. The fourth-order valence-corrected chi connectivity index (χ4v) is 4.30. The second kappa shape index (κ2) is 9.01. The normalized spacial score (nSPS) is 10.6. The molecule has 0 unspecified atom stereocenters. The third kappa shape index (κ3) is 6.08. The Labute approximate surface area is 167 Å². The Morgan fingerprint density at radius 2 is 1.85 bits per heavy atom. The van der Waals surface area contributed by atoms with E-state index >= 15 is 0 Å². The summed E-state index contributed by atoms with van der Waals surface area (Å²) >= 11 is 2.97. The summed E-state index contributed by atoms with van der Waals surface area (Å²) in [5, 5.41) is 11.4. The summed E-state index contributed by atoms with van der Waals surface area (Å²) < 4.78 is 6.39. The minimum Gasteiger partial charge on any atom is -0.484 e. The number of rotatable bonds is 7. The van der Waals surface area contributed by atoms with E-state index in [0.29, 0.717) is 10.9 Å². The number of ether oxygens (including phenoxy) is 1. The average molecular weight is 400 g/mol. The van der Waals surface area contributed by atoms with Crippen LogP contribution in [-0.4, -0.2) is 22.7 Å². The number of thioether (sulfide) groups is 1. The minimum absolute atomic E-state index is 0.0613. The van der Waals surface area contributed by atoms with Gasteiger partial charge in [0.2, 0.25) is 5.13 Å². The van der Waals surface area contributed by atoms with Crippen LogP contribution in [0, 0.1) is 20.8 Å². The number of hydrogen-bond acceptors (Lipinski definition) is 6. The van der Waals surface area contributed by atoms with E-state index in [0.717, 1.165) is 21.2 Å². The monoisotopic (exact) mass is 399 g/mol. The van der Waals surface area contributed by atoms with Crippen LogP contribution in [0.4, 0.5) is 5.13 Å². The molecule has 2 aromatic carbocycles. The van der Waals surface area contributed by atoms with E-state index in [1.165, 1.54) is 22.5 Å². The number of carbonyl (C=O) groups excluding carboxylic acids is 1. The number of nitrogens with one attached hydrogen (secondary N) is 1. The van der Waals surface area contributed by atoms with Crippen molar-refractivity contribution in [3.05, 3.63) is 64.7 Å². The van der Waals surface area contributed by atoms with E-state index in [9.17, 15) is 4.79 Å². The molecule has 0 aliphatic heterocycles. The molecule has 1 heterocycles. The maximum absolute atomic E-state index is 12.1. The molecule has 0 saturated carbocycles. The summed E-state index contributed by atoms with van der Waals surface area (Å²) in [6.07, 6.45) is 0. The Morgan fingerprint density at radius 3 is 2.59 bits per heavy atom. The average Bonchev–Trinajstić information content (AvgIpc) is 3.05. The Hall–Kier alpha value is -2.38. The zero-order chi connectivity index (χ0) is 19.2. The van der Waals surface area contributed by atoms with Crippen LogP contribution in [0.5, 0.6) is 5.75 Å². The highest BCUT2D eigenvalue weighted by atomic mass is 32.2. The SMILES string of the molecule is Cc1cccc(CSc2nnc(NC(=O)COc3cc(C)cc(C)c3)s2)c1. The summed E-state index contributed by atoms with van der Waals surface area (Å²) in [7, 11) is 0. The van der Waals surface area contributed by atoms with E-state index < -0.39 is 0 Å². The van der Waals surface area contributed by atoms with E-state index in [2.05, 4.69) is 46.7 Å². The molecule has 0 atom stereocenters. The standard InChI is InChI=1S/C20H21N3O2S2/c1-13-5-4-6-16(8-13)12-26-20-23-22-19(27-20)21-18(24)11-25-17-9-14(2)7-15(3)10-17/h4-10H,11-12H2,1-3H3,(H,21,22,24). The van der Waals surface area contributed by atoms with Crippen molar-refractivity contribution in [2.24, 2.45) is 0 Å². The first kappa shape index (κ1) is 19.4. The first-order valence-corrected chi connectivity index (χ1v) is 10.3. The summed E-state index contributed by atoms with van der Waals surface area (Å²) in [6, 6.07) is 14.2. The molecule has 0 aliphatic rings. The van der Waals surface area contributed by atoms with Crippen molar-refractivity contribution in [2.45, 2.75) is 30.9 Å². The molecular formula is C20H21N3O2S2. The van der Waals surface area contributed by atoms with Crippen LogP contribution in [-0.2, 0) is 10.5 Å². The van der Waals surface area contributed by atoms with E-state index in [4.69, 9.17) is 4.74 Å². The summed E-state index contributed by atoms with van der Waals surface area (Å²) in [5.74, 6) is 1.26. The van der Waals surface area contributed by atoms with Gasteiger partial charge in [-0.15, -0.1) is 10.2 Å². The Morgan fingerprint density at radius 1 is 1.07 bits per heavy atom. The molecule has 1 aromatic heterocycles. The van der Waals surface area contributed by atoms with Crippen molar-refractivity contribution in [1.29, 1.82) is 0 Å². The second-order valence-corrected chi connectivity index (χ2v) is 8.51. The van der Waals surface area contributed by atoms with Gasteiger partial charge >= 0.3 is 0 Å². The first-order chi connectivity index (χ1) is 13.0. The number of aryl methyl sites for hydroxylation is 3. The lowest BCUT2D eigenvalue weighted by molar-refractivity contribution is -0.118. The highest BCUT2D eigenvalue weighted by molar-refractivity contribution is 8.00. The number of carbonyl (C=O) groups is 1. The Bertz CT molecular complexity index is 920. The Balaban J connectivity index is 1.48. The lowest BCUT2D eigenvalue weighted by atomic mass is 10.1. The van der Waals surface area contributed by atoms with Crippen LogP contribution >= 0.6 is 23.1 Å². The number of anilines is 1. The fourth-order valence-electron chi connectivity index (χ4n) is 2.59. The predicted molar refractivity (Wildman–Crippen MR) is 111 cm³/mol. The second-order valence-electron chi connectivity index (χ2n) is 6.31. The molecule has 3 aromatic rings. The van der Waals surface area contributed by atoms with Crippen LogP contribution in [0.25, 0.3) is 0 Å². The van der Waals surface area contributed by atoms with Crippen molar-refractivity contribution < 1.29 is 9.53 Å². The molecule has 7 heteroatoms. The van der Waals surface area contributed by atoms with Crippen LogP contribution in [0.1, 0.15) is 22.3 Å². The molecule has 5 nitrogen and oxygen atoms in total. The lowest BCUT2D eigenvalue weighted by Crippen LogP contribution is -2.20. The van der Waals surface area contributed by atoms with Gasteiger partial charge in [-0.3, -0.25) is 10.1 Å². The topological polar surface area (TPSA) is 64.1 Å². The van der Waals surface area contributed by atoms with Gasteiger partial charge in [0.1, 0.15) is 5.75 Å². The van der Waals surface area contributed by atoms with Crippen molar-refractivity contribution in [1.82, 2.24) is 10.2 Å². The van der Waals surface area contributed by atoms with E-state index in [1.54, 1.807) is 11.8 Å². The third-order valence-corrected chi connectivity index (χ3v) is 5.71. The summed E-state index contributed by atoms with van der Waals surface area (Å²) in [5.41, 5.74) is 4.68. The largest absolute Gasteiger partial charge is 0.484 e. The molecule has 0 bridgehead atoms. The van der Waals surface area contributed by atoms with Gasteiger partial charge < -0.3 is 4.74 Å². The van der Waals surface area contributed by atoms with E-state index in [1.807, 2.05) is 32.0 Å². The molecule has 27 heavy (non-hydrogen) atoms. The van der Waals surface area contributed by atoms with Gasteiger partial charge in [0.15, 0.2) is 10.9 Å². The smallest absolute Gasteiger partial charge is 0.264 e. The van der Waals surface area contributed by atoms with Crippen molar-refractivity contribution in [3.63, 3.8) is 0 Å². The van der Waals surface area contributed by atoms with Gasteiger partial charge in [-0.1, -0.05) is 59.0 Å². The molecule has 0 fully saturated rings. The molecule has 0 saturated heterocycles. The van der Waals surface area contributed by atoms with Crippen molar-refractivity contribution in [3.8, 4) is 5.75 Å². The number of nitrogens with zero attached hydrogens (tertiary/aromatic N) is 2. The van der Waals surface area contributed by atoms with Gasteiger partial charge in [0.25, 0.3) is 5.91 Å². The summed E-state index contributed by atoms with van der Waals surface area (Å²) in [4.78, 5) is 12.1. The summed E-state index contributed by atoms with van der Waals surface area (Å²) in [6.45, 7) is 6.01. The van der Waals surface area contributed by atoms with Crippen molar-refractivity contribution >= 4 is 34.1 Å². The van der Waals surface area contributed by atoms with Gasteiger partial charge in [0, 0.05) is 5.75 Å². The lowest BCUT2D eigenvalue weighted by Gasteiger charge is -2.07. The maximum Gasteiger partial charge on any atom is 0.264 e. The minimum atomic E-state index is -0.249. The van der Waals surface area contributed by atoms with Gasteiger partial charge in [0.05, 0.1) is 0 Å². The van der Waals surface area contributed by atoms with Crippen LogP contribution in [0.15, 0.2) is 46.8 Å². The van der Waals surface area contributed by atoms with Crippen molar-refractivity contribution in [2.75, 3.05) is 11.9 Å². The molecular weight excluding hydrogens is 378 g/mol.